The number of carboxylic acids is 1. The first-order valence-electron chi connectivity index (χ1n) is 7.07. The van der Waals surface area contributed by atoms with Gasteiger partial charge in [-0.3, -0.25) is 0 Å². The lowest BCUT2D eigenvalue weighted by Crippen LogP contribution is -2.34. The van der Waals surface area contributed by atoms with Crippen LogP contribution in [-0.4, -0.2) is 28.8 Å². The van der Waals surface area contributed by atoms with Crippen molar-refractivity contribution in [1.82, 2.24) is 5.32 Å². The van der Waals surface area contributed by atoms with Crippen LogP contribution < -0.4 is 10.6 Å². The summed E-state index contributed by atoms with van der Waals surface area (Å²) in [7, 11) is 0. The second-order valence-electron chi connectivity index (χ2n) is 5.59. The molecule has 2 rings (SSSR count). The number of phenolic OH excluding ortho intramolecular Hbond substituents is 1. The highest BCUT2D eigenvalue weighted by molar-refractivity contribution is 6.00. The minimum atomic E-state index is -1.20. The predicted octanol–water partition coefficient (Wildman–Crippen LogP) is 2.79. The third-order valence-electron chi connectivity index (χ3n) is 3.84. The minimum absolute atomic E-state index is 0.139. The van der Waals surface area contributed by atoms with E-state index in [1.165, 1.54) is 12.1 Å². The number of urea groups is 1. The standard InChI is InChI=1S/C15H20N2O4/c1-2-5-15(6-7-15)9-16-14(21)17-12-4-3-10(18)8-11(12)13(19)20/h3-4,8,18H,2,5-7,9H2,1H3,(H,19,20)(H2,16,17,21). The highest BCUT2D eigenvalue weighted by atomic mass is 16.4. The van der Waals surface area contributed by atoms with E-state index in [0.29, 0.717) is 6.54 Å². The van der Waals surface area contributed by atoms with Gasteiger partial charge in [0, 0.05) is 6.54 Å². The molecule has 6 nitrogen and oxygen atoms in total. The zero-order valence-corrected chi connectivity index (χ0v) is 12.0. The molecule has 0 radical (unpaired) electrons. The molecule has 0 spiro atoms. The van der Waals surface area contributed by atoms with Gasteiger partial charge in [-0.15, -0.1) is 0 Å². The van der Waals surface area contributed by atoms with Crippen LogP contribution in [0.4, 0.5) is 10.5 Å². The third-order valence-corrected chi connectivity index (χ3v) is 3.84. The van der Waals surface area contributed by atoms with Crippen molar-refractivity contribution < 1.29 is 19.8 Å². The molecule has 1 aromatic rings. The Hall–Kier alpha value is -2.24. The fourth-order valence-electron chi connectivity index (χ4n) is 2.47. The van der Waals surface area contributed by atoms with Crippen molar-refractivity contribution in [2.24, 2.45) is 5.41 Å². The Bertz CT molecular complexity index is 553. The quantitative estimate of drug-likeness (QED) is 0.606. The first kappa shape index (κ1) is 15.2. The van der Waals surface area contributed by atoms with Crippen molar-refractivity contribution >= 4 is 17.7 Å². The Morgan fingerprint density at radius 1 is 1.33 bits per heavy atom. The summed E-state index contributed by atoms with van der Waals surface area (Å²) in [6.07, 6.45) is 4.43. The number of rotatable bonds is 6. The van der Waals surface area contributed by atoms with Crippen molar-refractivity contribution in [2.45, 2.75) is 32.6 Å². The van der Waals surface area contributed by atoms with Crippen LogP contribution in [0.25, 0.3) is 0 Å². The van der Waals surface area contributed by atoms with Gasteiger partial charge in [-0.25, -0.2) is 9.59 Å². The van der Waals surface area contributed by atoms with Crippen LogP contribution in [0.2, 0.25) is 0 Å². The SMILES string of the molecule is CCCC1(CNC(=O)Nc2ccc(O)cc2C(=O)O)CC1. The maximum Gasteiger partial charge on any atom is 0.337 e. The van der Waals surface area contributed by atoms with Crippen LogP contribution in [0, 0.1) is 5.41 Å². The summed E-state index contributed by atoms with van der Waals surface area (Å²) < 4.78 is 0. The Kier molecular flexibility index (Phi) is 4.35. The highest BCUT2D eigenvalue weighted by Crippen LogP contribution is 2.48. The Balaban J connectivity index is 1.95. The average Bonchev–Trinajstić information content (AvgIpc) is 3.19. The number of hydrogen-bond donors (Lipinski definition) is 4. The number of nitrogens with one attached hydrogen (secondary N) is 2. The first-order chi connectivity index (χ1) is 9.96. The van der Waals surface area contributed by atoms with Gasteiger partial charge in [-0.1, -0.05) is 13.3 Å². The molecule has 2 amide bonds. The molecular weight excluding hydrogens is 272 g/mol. The van der Waals surface area contributed by atoms with Crippen molar-refractivity contribution in [2.75, 3.05) is 11.9 Å². The van der Waals surface area contributed by atoms with Crippen LogP contribution in [-0.2, 0) is 0 Å². The lowest BCUT2D eigenvalue weighted by Gasteiger charge is -2.16. The monoisotopic (exact) mass is 292 g/mol. The highest BCUT2D eigenvalue weighted by Gasteiger charge is 2.41. The van der Waals surface area contributed by atoms with Gasteiger partial charge in [-0.2, -0.15) is 0 Å². The second-order valence-corrected chi connectivity index (χ2v) is 5.59. The minimum Gasteiger partial charge on any atom is -0.508 e. The molecule has 0 unspecified atom stereocenters. The fraction of sp³-hybridized carbons (Fsp3) is 0.467. The Morgan fingerprint density at radius 2 is 2.05 bits per heavy atom. The van der Waals surface area contributed by atoms with Crippen LogP contribution in [0.5, 0.6) is 5.75 Å². The lowest BCUT2D eigenvalue weighted by atomic mass is 10.0. The van der Waals surface area contributed by atoms with E-state index < -0.39 is 12.0 Å². The van der Waals surface area contributed by atoms with E-state index in [4.69, 9.17) is 5.11 Å². The molecule has 0 aliphatic heterocycles. The van der Waals surface area contributed by atoms with Crippen molar-refractivity contribution in [3.8, 4) is 5.75 Å². The summed E-state index contributed by atoms with van der Waals surface area (Å²) in [5.74, 6) is -1.36. The molecule has 0 aromatic heterocycles. The van der Waals surface area contributed by atoms with E-state index in [0.717, 1.165) is 31.7 Å². The number of aromatic carboxylic acids is 1. The number of aromatic hydroxyl groups is 1. The Labute approximate surface area is 123 Å². The number of phenols is 1. The molecule has 4 N–H and O–H groups in total. The second kappa shape index (κ2) is 6.03. The van der Waals surface area contributed by atoms with E-state index in [9.17, 15) is 14.7 Å². The van der Waals surface area contributed by atoms with Crippen molar-refractivity contribution in [1.29, 1.82) is 0 Å². The van der Waals surface area contributed by atoms with Crippen LogP contribution in [0.3, 0.4) is 0 Å². The van der Waals surface area contributed by atoms with E-state index in [-0.39, 0.29) is 22.4 Å². The van der Waals surface area contributed by atoms with Gasteiger partial charge in [0.1, 0.15) is 5.75 Å². The lowest BCUT2D eigenvalue weighted by molar-refractivity contribution is 0.0697. The molecule has 0 heterocycles. The van der Waals surface area contributed by atoms with E-state index in [1.54, 1.807) is 0 Å². The van der Waals surface area contributed by atoms with Gasteiger partial charge >= 0.3 is 12.0 Å². The van der Waals surface area contributed by atoms with Gasteiger partial charge in [0.25, 0.3) is 0 Å². The normalized spacial score (nSPS) is 15.3. The third kappa shape index (κ3) is 3.87. The molecule has 0 atom stereocenters. The summed E-state index contributed by atoms with van der Waals surface area (Å²) in [5.41, 5.74) is 0.259. The van der Waals surface area contributed by atoms with Crippen LogP contribution in [0.1, 0.15) is 43.0 Å². The molecule has 1 aromatic carbocycles. The molecule has 1 saturated carbocycles. The molecule has 1 fully saturated rings. The molecule has 114 valence electrons. The zero-order chi connectivity index (χ0) is 15.5. The number of carbonyl (C=O) groups excluding carboxylic acids is 1. The summed E-state index contributed by atoms with van der Waals surface area (Å²) in [4.78, 5) is 23.0. The van der Waals surface area contributed by atoms with E-state index in [2.05, 4.69) is 17.6 Å². The van der Waals surface area contributed by atoms with Gasteiger partial charge in [0.2, 0.25) is 0 Å². The molecular formula is C15H20N2O4. The first-order valence-corrected chi connectivity index (χ1v) is 7.07. The predicted molar refractivity (Wildman–Crippen MR) is 78.7 cm³/mol. The smallest absolute Gasteiger partial charge is 0.337 e. The molecule has 1 aliphatic rings. The summed E-state index contributed by atoms with van der Waals surface area (Å²) in [6, 6.07) is 3.39. The number of carboxylic acid groups (broad SMARTS) is 1. The van der Waals surface area contributed by atoms with Crippen LogP contribution >= 0.6 is 0 Å². The summed E-state index contributed by atoms with van der Waals surface area (Å²) in [6.45, 7) is 2.73. The molecule has 21 heavy (non-hydrogen) atoms. The summed E-state index contributed by atoms with van der Waals surface area (Å²) in [5, 5.41) is 23.7. The van der Waals surface area contributed by atoms with Gasteiger partial charge in [0.15, 0.2) is 0 Å². The maximum absolute atomic E-state index is 11.9. The van der Waals surface area contributed by atoms with Gasteiger partial charge < -0.3 is 20.8 Å². The number of amides is 2. The van der Waals surface area contributed by atoms with E-state index in [1.807, 2.05) is 0 Å². The maximum atomic E-state index is 11.9. The van der Waals surface area contributed by atoms with Crippen molar-refractivity contribution in [3.63, 3.8) is 0 Å². The number of anilines is 1. The molecule has 1 aliphatic carbocycles. The number of carbonyl (C=O) groups is 2. The van der Waals surface area contributed by atoms with Crippen LogP contribution in [0.15, 0.2) is 18.2 Å². The average molecular weight is 292 g/mol. The molecule has 0 saturated heterocycles. The zero-order valence-electron chi connectivity index (χ0n) is 12.0. The Morgan fingerprint density at radius 3 is 2.62 bits per heavy atom. The van der Waals surface area contributed by atoms with E-state index >= 15 is 0 Å². The van der Waals surface area contributed by atoms with Gasteiger partial charge in [0.05, 0.1) is 11.3 Å². The topological polar surface area (TPSA) is 98.7 Å². The number of benzene rings is 1. The largest absolute Gasteiger partial charge is 0.508 e. The number of hydrogen-bond acceptors (Lipinski definition) is 3. The summed E-state index contributed by atoms with van der Waals surface area (Å²) >= 11 is 0. The molecule has 0 bridgehead atoms. The molecule has 6 heteroatoms. The van der Waals surface area contributed by atoms with Gasteiger partial charge in [-0.05, 0) is 42.9 Å². The fourth-order valence-corrected chi connectivity index (χ4v) is 2.47. The van der Waals surface area contributed by atoms with Crippen molar-refractivity contribution in [3.05, 3.63) is 23.8 Å².